The van der Waals surface area contributed by atoms with Crippen molar-refractivity contribution in [1.29, 1.82) is 0 Å². The zero-order valence-corrected chi connectivity index (χ0v) is 22.3. The van der Waals surface area contributed by atoms with Gasteiger partial charge in [0.25, 0.3) is 0 Å². The summed E-state index contributed by atoms with van der Waals surface area (Å²) in [6.45, 7) is 4.14. The summed E-state index contributed by atoms with van der Waals surface area (Å²) in [6, 6.07) is 15.9. The van der Waals surface area contributed by atoms with E-state index in [2.05, 4.69) is 37.9 Å². The van der Waals surface area contributed by atoms with Crippen LogP contribution in [-0.2, 0) is 22.6 Å². The number of nitrogens with two attached hydrogens (primary N) is 1. The first-order valence-corrected chi connectivity index (χ1v) is 13.3. The zero-order chi connectivity index (χ0) is 24.9. The van der Waals surface area contributed by atoms with Crippen molar-refractivity contribution in [3.8, 4) is 0 Å². The summed E-state index contributed by atoms with van der Waals surface area (Å²) in [5, 5.41) is 4.61. The van der Waals surface area contributed by atoms with Crippen LogP contribution in [0.3, 0.4) is 0 Å². The number of benzene rings is 2. The zero-order valence-electron chi connectivity index (χ0n) is 20.0. The molecule has 0 radical (unpaired) electrons. The number of nitrogens with one attached hydrogen (secondary N) is 1. The van der Waals surface area contributed by atoms with Crippen LogP contribution in [0.2, 0.25) is 5.02 Å². The van der Waals surface area contributed by atoms with E-state index >= 15 is 0 Å². The Morgan fingerprint density at radius 1 is 1.23 bits per heavy atom. The van der Waals surface area contributed by atoms with E-state index in [1.807, 2.05) is 41.3 Å². The largest absolute Gasteiger partial charge is 0.355 e. The van der Waals surface area contributed by atoms with Crippen molar-refractivity contribution in [2.75, 3.05) is 19.6 Å². The molecule has 2 atom stereocenters. The van der Waals surface area contributed by atoms with Gasteiger partial charge in [0.05, 0.1) is 0 Å². The average Bonchev–Trinajstić information content (AvgIpc) is 3.20. The fourth-order valence-electron chi connectivity index (χ4n) is 4.99. The van der Waals surface area contributed by atoms with Crippen LogP contribution in [-0.4, -0.2) is 47.0 Å². The van der Waals surface area contributed by atoms with E-state index in [0.717, 1.165) is 46.0 Å². The van der Waals surface area contributed by atoms with Gasteiger partial charge in [0.2, 0.25) is 11.8 Å². The highest BCUT2D eigenvalue weighted by molar-refractivity contribution is 9.10. The van der Waals surface area contributed by atoms with E-state index in [-0.39, 0.29) is 23.8 Å². The van der Waals surface area contributed by atoms with E-state index in [1.54, 1.807) is 0 Å². The molecular formula is C27H32BrClN4O2. The number of fused-ring (bicyclic) bond motifs is 1. The molecule has 6 nitrogen and oxygen atoms in total. The number of likely N-dealkylation sites (tertiary alicyclic amines) is 1. The molecule has 0 spiro atoms. The number of piperidine rings is 1. The molecular weight excluding hydrogens is 528 g/mol. The molecule has 1 fully saturated rings. The minimum Gasteiger partial charge on any atom is -0.355 e. The van der Waals surface area contributed by atoms with Gasteiger partial charge in [-0.25, -0.2) is 0 Å². The SMILES string of the molecule is CC(=O)NCCn1c(C2CCCN(C(=O)C[C@H](N)Cc3ccc(Br)cc3)C2)cc2c(Cl)cccc21. The van der Waals surface area contributed by atoms with Gasteiger partial charge in [-0.15, -0.1) is 0 Å². The summed E-state index contributed by atoms with van der Waals surface area (Å²) in [5.41, 5.74) is 9.70. The molecule has 35 heavy (non-hydrogen) atoms. The van der Waals surface area contributed by atoms with Gasteiger partial charge >= 0.3 is 0 Å². The van der Waals surface area contributed by atoms with Crippen LogP contribution in [0.1, 0.15) is 43.4 Å². The number of hydrogen-bond donors (Lipinski definition) is 2. The Labute approximate surface area is 219 Å². The smallest absolute Gasteiger partial charge is 0.224 e. The number of aromatic nitrogens is 1. The van der Waals surface area contributed by atoms with Gasteiger partial charge in [0.1, 0.15) is 0 Å². The number of halogens is 2. The molecule has 2 aromatic carbocycles. The Morgan fingerprint density at radius 2 is 2.00 bits per heavy atom. The molecule has 2 amide bonds. The van der Waals surface area contributed by atoms with Crippen molar-refractivity contribution in [3.05, 3.63) is 69.3 Å². The highest BCUT2D eigenvalue weighted by Gasteiger charge is 2.28. The van der Waals surface area contributed by atoms with E-state index in [0.29, 0.717) is 37.5 Å². The van der Waals surface area contributed by atoms with E-state index in [9.17, 15) is 9.59 Å². The van der Waals surface area contributed by atoms with E-state index in [4.69, 9.17) is 17.3 Å². The van der Waals surface area contributed by atoms with Crippen LogP contribution in [0.4, 0.5) is 0 Å². The summed E-state index contributed by atoms with van der Waals surface area (Å²) >= 11 is 9.96. The summed E-state index contributed by atoms with van der Waals surface area (Å²) < 4.78 is 3.27. The number of hydrogen-bond acceptors (Lipinski definition) is 3. The molecule has 186 valence electrons. The number of nitrogens with zero attached hydrogens (tertiary/aromatic N) is 2. The van der Waals surface area contributed by atoms with E-state index in [1.165, 1.54) is 6.92 Å². The first-order valence-electron chi connectivity index (χ1n) is 12.1. The van der Waals surface area contributed by atoms with Gasteiger partial charge in [0.15, 0.2) is 0 Å². The lowest BCUT2D eigenvalue weighted by molar-refractivity contribution is -0.132. The first-order chi connectivity index (χ1) is 16.8. The normalized spacial score (nSPS) is 16.9. The molecule has 3 aromatic rings. The van der Waals surface area contributed by atoms with Gasteiger partial charge in [-0.05, 0) is 55.2 Å². The molecule has 2 heterocycles. The Hall–Kier alpha value is -2.35. The van der Waals surface area contributed by atoms with Gasteiger partial charge in [-0.1, -0.05) is 45.7 Å². The minimum atomic E-state index is -0.216. The summed E-state index contributed by atoms with van der Waals surface area (Å²) in [6.07, 6.45) is 2.95. The first kappa shape index (κ1) is 25.7. The highest BCUT2D eigenvalue weighted by atomic mass is 79.9. The Balaban J connectivity index is 1.47. The fourth-order valence-corrected chi connectivity index (χ4v) is 5.48. The third-order valence-corrected chi connectivity index (χ3v) is 7.53. The second-order valence-electron chi connectivity index (χ2n) is 9.35. The topological polar surface area (TPSA) is 80.4 Å². The van der Waals surface area contributed by atoms with Gasteiger partial charge < -0.3 is 20.5 Å². The molecule has 1 saturated heterocycles. The van der Waals surface area contributed by atoms with Crippen molar-refractivity contribution >= 4 is 50.2 Å². The van der Waals surface area contributed by atoms with Crippen LogP contribution >= 0.6 is 27.5 Å². The molecule has 0 saturated carbocycles. The van der Waals surface area contributed by atoms with Crippen LogP contribution in [0.5, 0.6) is 0 Å². The van der Waals surface area contributed by atoms with Crippen molar-refractivity contribution in [3.63, 3.8) is 0 Å². The Bertz CT molecular complexity index is 1190. The number of carbonyl (C=O) groups is 2. The van der Waals surface area contributed by atoms with Gasteiger partial charge in [-0.3, -0.25) is 9.59 Å². The quantitative estimate of drug-likeness (QED) is 0.414. The average molecular weight is 560 g/mol. The van der Waals surface area contributed by atoms with Crippen LogP contribution in [0.15, 0.2) is 53.0 Å². The van der Waals surface area contributed by atoms with Crippen molar-refractivity contribution in [2.24, 2.45) is 5.73 Å². The number of rotatable bonds is 8. The molecule has 8 heteroatoms. The maximum absolute atomic E-state index is 13.2. The second kappa shape index (κ2) is 11.6. The summed E-state index contributed by atoms with van der Waals surface area (Å²) in [5.74, 6) is 0.268. The standard InChI is InChI=1S/C27H32BrClN4O2/c1-18(34)31-11-13-33-25-6-2-5-24(29)23(25)16-26(33)20-4-3-12-32(17-20)27(35)15-22(30)14-19-7-9-21(28)10-8-19/h2,5-10,16,20,22H,3-4,11-15,17,30H2,1H3,(H,31,34)/t20?,22-/m1/s1. The molecule has 1 aliphatic rings. The maximum Gasteiger partial charge on any atom is 0.224 e. The second-order valence-corrected chi connectivity index (χ2v) is 10.7. The minimum absolute atomic E-state index is 0.0463. The molecule has 3 N–H and O–H groups in total. The van der Waals surface area contributed by atoms with Crippen LogP contribution in [0.25, 0.3) is 10.9 Å². The molecule has 4 rings (SSSR count). The maximum atomic E-state index is 13.2. The summed E-state index contributed by atoms with van der Waals surface area (Å²) in [7, 11) is 0. The number of amides is 2. The lowest BCUT2D eigenvalue weighted by atomic mass is 9.93. The van der Waals surface area contributed by atoms with Gasteiger partial charge in [0, 0.05) is 77.6 Å². The Morgan fingerprint density at radius 3 is 2.74 bits per heavy atom. The van der Waals surface area contributed by atoms with Crippen LogP contribution < -0.4 is 11.1 Å². The third kappa shape index (κ3) is 6.46. The van der Waals surface area contributed by atoms with Crippen LogP contribution in [0, 0.1) is 0 Å². The fraction of sp³-hybridized carbons (Fsp3) is 0.407. The monoisotopic (exact) mass is 558 g/mol. The summed E-state index contributed by atoms with van der Waals surface area (Å²) in [4.78, 5) is 26.5. The molecule has 1 aliphatic heterocycles. The van der Waals surface area contributed by atoms with E-state index < -0.39 is 0 Å². The van der Waals surface area contributed by atoms with Crippen molar-refractivity contribution in [1.82, 2.24) is 14.8 Å². The van der Waals surface area contributed by atoms with Gasteiger partial charge in [-0.2, -0.15) is 0 Å². The third-order valence-electron chi connectivity index (χ3n) is 6.67. The molecule has 1 aromatic heterocycles. The molecule has 0 bridgehead atoms. The lowest BCUT2D eigenvalue weighted by Gasteiger charge is -2.34. The van der Waals surface area contributed by atoms with Crippen molar-refractivity contribution in [2.45, 2.75) is 51.1 Å². The Kier molecular flexibility index (Phi) is 8.52. The number of carbonyl (C=O) groups excluding carboxylic acids is 2. The predicted molar refractivity (Wildman–Crippen MR) is 145 cm³/mol. The lowest BCUT2D eigenvalue weighted by Crippen LogP contribution is -2.42. The highest BCUT2D eigenvalue weighted by Crippen LogP contribution is 2.34. The predicted octanol–water partition coefficient (Wildman–Crippen LogP) is 4.86. The molecule has 0 aliphatic carbocycles. The van der Waals surface area contributed by atoms with Crippen molar-refractivity contribution < 1.29 is 9.59 Å². The molecule has 1 unspecified atom stereocenters.